The molecule has 0 amide bonds. The first-order chi connectivity index (χ1) is 7.12. The fraction of sp³-hybridized carbons (Fsp3) is 0.364. The van der Waals surface area contributed by atoms with Crippen LogP contribution in [0.2, 0.25) is 0 Å². The number of nitrogens with zero attached hydrogens (tertiary/aromatic N) is 2. The van der Waals surface area contributed by atoms with Crippen LogP contribution in [-0.2, 0) is 5.54 Å². The van der Waals surface area contributed by atoms with Gasteiger partial charge in [-0.1, -0.05) is 6.07 Å². The molecule has 2 N–H and O–H groups in total. The molecule has 15 heavy (non-hydrogen) atoms. The topological polar surface area (TPSA) is 43.3 Å². The molecule has 2 aromatic heterocycles. The van der Waals surface area contributed by atoms with E-state index >= 15 is 0 Å². The summed E-state index contributed by atoms with van der Waals surface area (Å²) in [5.74, 6) is 0. The second-order valence-electron chi connectivity index (χ2n) is 4.24. The fourth-order valence-electron chi connectivity index (χ4n) is 2.12. The fourth-order valence-corrected chi connectivity index (χ4v) is 2.63. The molecule has 2 heterocycles. The summed E-state index contributed by atoms with van der Waals surface area (Å²) in [6.07, 6.45) is 2.12. The molecule has 0 atom stereocenters. The van der Waals surface area contributed by atoms with Gasteiger partial charge in [-0.25, -0.2) is 4.98 Å². The third-order valence-corrected chi connectivity index (χ3v) is 3.65. The largest absolute Gasteiger partial charge is 0.320 e. The molecule has 0 aliphatic heterocycles. The minimum atomic E-state index is -0.145. The van der Waals surface area contributed by atoms with Crippen molar-refractivity contribution in [1.29, 1.82) is 0 Å². The van der Waals surface area contributed by atoms with Crippen molar-refractivity contribution in [2.24, 2.45) is 5.73 Å². The lowest BCUT2D eigenvalue weighted by Crippen LogP contribution is -2.22. The molecule has 2 aromatic rings. The van der Waals surface area contributed by atoms with Gasteiger partial charge in [0.2, 0.25) is 0 Å². The minimum Gasteiger partial charge on any atom is -0.320 e. The van der Waals surface area contributed by atoms with Crippen LogP contribution in [-0.4, -0.2) is 9.38 Å². The Bertz CT molecular complexity index is 540. The van der Waals surface area contributed by atoms with Crippen LogP contribution in [0.5, 0.6) is 0 Å². The monoisotopic (exact) mass is 265 g/mol. The van der Waals surface area contributed by atoms with E-state index in [0.29, 0.717) is 0 Å². The van der Waals surface area contributed by atoms with Gasteiger partial charge in [0.15, 0.2) is 0 Å². The Morgan fingerprint density at radius 2 is 2.20 bits per heavy atom. The first-order valence-electron chi connectivity index (χ1n) is 5.05. The summed E-state index contributed by atoms with van der Waals surface area (Å²) >= 11 is 3.55. The average molecular weight is 266 g/mol. The second-order valence-corrected chi connectivity index (χ2v) is 5.06. The molecule has 0 spiro atoms. The third kappa shape index (κ3) is 1.25. The van der Waals surface area contributed by atoms with Gasteiger partial charge in [-0.15, -0.1) is 0 Å². The van der Waals surface area contributed by atoms with Crippen molar-refractivity contribution in [3.8, 4) is 0 Å². The van der Waals surface area contributed by atoms with E-state index < -0.39 is 0 Å². The second kappa shape index (κ2) is 2.83. The molecule has 0 aromatic carbocycles. The van der Waals surface area contributed by atoms with Crippen molar-refractivity contribution in [1.82, 2.24) is 9.38 Å². The number of hydrogen-bond acceptors (Lipinski definition) is 2. The van der Waals surface area contributed by atoms with Gasteiger partial charge in [0.25, 0.3) is 0 Å². The van der Waals surface area contributed by atoms with E-state index in [-0.39, 0.29) is 5.54 Å². The van der Waals surface area contributed by atoms with E-state index in [1.807, 2.05) is 25.1 Å². The number of rotatable bonds is 1. The molecular formula is C11H12BrN3. The predicted molar refractivity (Wildman–Crippen MR) is 62.7 cm³/mol. The molecule has 1 saturated carbocycles. The lowest BCUT2D eigenvalue weighted by molar-refractivity contribution is 0.688. The highest BCUT2D eigenvalue weighted by atomic mass is 79.9. The molecule has 78 valence electrons. The molecule has 3 nitrogen and oxygen atoms in total. The lowest BCUT2D eigenvalue weighted by Gasteiger charge is -2.11. The summed E-state index contributed by atoms with van der Waals surface area (Å²) in [5.41, 5.74) is 9.29. The van der Waals surface area contributed by atoms with Crippen LogP contribution in [0, 0.1) is 6.92 Å². The molecule has 1 fully saturated rings. The summed E-state index contributed by atoms with van der Waals surface area (Å²) in [6.45, 7) is 2.03. The maximum absolute atomic E-state index is 6.27. The van der Waals surface area contributed by atoms with Crippen LogP contribution in [0.1, 0.15) is 24.2 Å². The zero-order valence-electron chi connectivity index (χ0n) is 8.50. The summed E-state index contributed by atoms with van der Waals surface area (Å²) in [6, 6.07) is 6.02. The molecule has 0 unspecified atom stereocenters. The van der Waals surface area contributed by atoms with Gasteiger partial charge >= 0.3 is 0 Å². The number of aryl methyl sites for hydroxylation is 1. The first-order valence-corrected chi connectivity index (χ1v) is 5.84. The average Bonchev–Trinajstić information content (AvgIpc) is 2.79. The Balaban J connectivity index is 2.41. The van der Waals surface area contributed by atoms with E-state index in [0.717, 1.165) is 34.5 Å². The van der Waals surface area contributed by atoms with Gasteiger partial charge in [0.1, 0.15) is 5.65 Å². The number of fused-ring (bicyclic) bond motifs is 1. The van der Waals surface area contributed by atoms with Gasteiger partial charge in [-0.3, -0.25) is 4.40 Å². The molecule has 1 aliphatic carbocycles. The SMILES string of the molecule is Cc1nc2cccc(Br)n2c1C1(N)CC1. The van der Waals surface area contributed by atoms with Gasteiger partial charge in [0.05, 0.1) is 21.5 Å². The van der Waals surface area contributed by atoms with Crippen molar-refractivity contribution in [3.63, 3.8) is 0 Å². The van der Waals surface area contributed by atoms with Crippen molar-refractivity contribution in [2.45, 2.75) is 25.3 Å². The highest BCUT2D eigenvalue weighted by Crippen LogP contribution is 2.44. The van der Waals surface area contributed by atoms with E-state index in [4.69, 9.17) is 5.73 Å². The van der Waals surface area contributed by atoms with Gasteiger partial charge in [-0.05, 0) is 47.8 Å². The predicted octanol–water partition coefficient (Wildman–Crippen LogP) is 2.35. The Hall–Kier alpha value is -0.870. The van der Waals surface area contributed by atoms with Crippen molar-refractivity contribution in [3.05, 3.63) is 34.2 Å². The van der Waals surface area contributed by atoms with Gasteiger partial charge in [-0.2, -0.15) is 0 Å². The van der Waals surface area contributed by atoms with Crippen LogP contribution < -0.4 is 5.73 Å². The molecule has 0 saturated heterocycles. The maximum atomic E-state index is 6.27. The molecule has 0 bridgehead atoms. The Labute approximate surface area is 96.4 Å². The smallest absolute Gasteiger partial charge is 0.138 e. The van der Waals surface area contributed by atoms with Crippen LogP contribution in [0.4, 0.5) is 0 Å². The maximum Gasteiger partial charge on any atom is 0.138 e. The Kier molecular flexibility index (Phi) is 1.77. The van der Waals surface area contributed by atoms with Crippen molar-refractivity contribution < 1.29 is 0 Å². The number of aromatic nitrogens is 2. The zero-order valence-corrected chi connectivity index (χ0v) is 10.1. The first kappa shape index (κ1) is 9.36. The number of pyridine rings is 1. The normalized spacial score (nSPS) is 18.3. The highest BCUT2D eigenvalue weighted by Gasteiger charge is 2.44. The molecule has 0 radical (unpaired) electrons. The summed E-state index contributed by atoms with van der Waals surface area (Å²) < 4.78 is 3.13. The highest BCUT2D eigenvalue weighted by molar-refractivity contribution is 9.10. The minimum absolute atomic E-state index is 0.145. The zero-order chi connectivity index (χ0) is 10.6. The van der Waals surface area contributed by atoms with Gasteiger partial charge < -0.3 is 5.73 Å². The van der Waals surface area contributed by atoms with Crippen molar-refractivity contribution >= 4 is 21.6 Å². The molecular weight excluding hydrogens is 254 g/mol. The van der Waals surface area contributed by atoms with Crippen LogP contribution >= 0.6 is 15.9 Å². The quantitative estimate of drug-likeness (QED) is 0.805. The lowest BCUT2D eigenvalue weighted by atomic mass is 10.1. The van der Waals surface area contributed by atoms with Crippen molar-refractivity contribution in [2.75, 3.05) is 0 Å². The summed E-state index contributed by atoms with van der Waals surface area (Å²) in [4.78, 5) is 4.53. The van der Waals surface area contributed by atoms with Gasteiger partial charge in [0, 0.05) is 0 Å². The number of imidazole rings is 1. The summed E-state index contributed by atoms with van der Waals surface area (Å²) in [7, 11) is 0. The van der Waals surface area contributed by atoms with E-state index in [9.17, 15) is 0 Å². The summed E-state index contributed by atoms with van der Waals surface area (Å²) in [5, 5.41) is 0. The molecule has 4 heteroatoms. The van der Waals surface area contributed by atoms with Crippen LogP contribution in [0.15, 0.2) is 22.8 Å². The standard InChI is InChI=1S/C11H12BrN3/c1-7-10(11(13)5-6-11)15-8(12)3-2-4-9(15)14-7/h2-4H,5-6,13H2,1H3. The van der Waals surface area contributed by atoms with E-state index in [2.05, 4.69) is 25.3 Å². The van der Waals surface area contributed by atoms with E-state index in [1.165, 1.54) is 0 Å². The Morgan fingerprint density at radius 1 is 1.47 bits per heavy atom. The van der Waals surface area contributed by atoms with Crippen LogP contribution in [0.3, 0.4) is 0 Å². The van der Waals surface area contributed by atoms with E-state index in [1.54, 1.807) is 0 Å². The Morgan fingerprint density at radius 3 is 2.87 bits per heavy atom. The molecule has 1 aliphatic rings. The van der Waals surface area contributed by atoms with Crippen LogP contribution in [0.25, 0.3) is 5.65 Å². The third-order valence-electron chi connectivity index (χ3n) is 3.03. The number of hydrogen-bond donors (Lipinski definition) is 1. The molecule has 3 rings (SSSR count). The number of halogens is 1. The number of nitrogens with two attached hydrogens (primary N) is 1.